The number of hydrogen-bond acceptors (Lipinski definition) is 7. The second-order valence-corrected chi connectivity index (χ2v) is 11.5. The fourth-order valence-electron chi connectivity index (χ4n) is 5.21. The number of thiazole rings is 1. The van der Waals surface area contributed by atoms with Gasteiger partial charge in [-0.15, -0.1) is 11.3 Å². The average molecular weight is 507 g/mol. The van der Waals surface area contributed by atoms with Gasteiger partial charge in [-0.05, 0) is 81.2 Å². The fraction of sp³-hybridized carbons (Fsp3) is 0.464. The molecule has 0 saturated carbocycles. The second kappa shape index (κ2) is 10.2. The van der Waals surface area contributed by atoms with Gasteiger partial charge >= 0.3 is 6.09 Å². The number of nitrogen functional groups attached to an aromatic ring is 1. The number of benzene rings is 1. The van der Waals surface area contributed by atoms with Gasteiger partial charge < -0.3 is 20.1 Å². The molecule has 36 heavy (non-hydrogen) atoms. The molecular formula is C28H34N4O3S. The first-order valence-electron chi connectivity index (χ1n) is 12.7. The number of anilines is 1. The van der Waals surface area contributed by atoms with Crippen LogP contribution >= 0.6 is 11.3 Å². The predicted octanol–water partition coefficient (Wildman–Crippen LogP) is 6.42. The Morgan fingerprint density at radius 3 is 2.64 bits per heavy atom. The van der Waals surface area contributed by atoms with Crippen LogP contribution in [0.1, 0.15) is 69.5 Å². The topological polar surface area (TPSA) is 90.6 Å². The Labute approximate surface area is 216 Å². The van der Waals surface area contributed by atoms with Crippen LogP contribution in [-0.4, -0.2) is 46.3 Å². The van der Waals surface area contributed by atoms with Gasteiger partial charge in [0.15, 0.2) is 0 Å². The first kappa shape index (κ1) is 24.7. The lowest BCUT2D eigenvalue weighted by molar-refractivity contribution is 0.0222. The molecule has 0 aliphatic carbocycles. The SMILES string of the molecule is CC(C)(C)OC(=O)N1CCC[C@H]1c1cc(-c2cnc(N)c(-c3nccs3)c2)ccc1C1CCOCC1. The highest BCUT2D eigenvalue weighted by molar-refractivity contribution is 7.13. The summed E-state index contributed by atoms with van der Waals surface area (Å²) in [6.45, 7) is 7.99. The van der Waals surface area contributed by atoms with E-state index in [0.29, 0.717) is 18.3 Å². The summed E-state index contributed by atoms with van der Waals surface area (Å²) in [5.74, 6) is 0.888. The molecule has 5 rings (SSSR count). The van der Waals surface area contributed by atoms with Crippen LogP contribution in [0.4, 0.5) is 10.6 Å². The summed E-state index contributed by atoms with van der Waals surface area (Å²) in [6, 6.07) is 8.70. The molecule has 3 aromatic rings. The number of ether oxygens (including phenoxy) is 2. The highest BCUT2D eigenvalue weighted by Gasteiger charge is 2.35. The number of nitrogens with zero attached hydrogens (tertiary/aromatic N) is 3. The number of amides is 1. The third-order valence-corrected chi connectivity index (χ3v) is 7.71. The van der Waals surface area contributed by atoms with Gasteiger partial charge in [0.05, 0.1) is 11.6 Å². The van der Waals surface area contributed by atoms with Crippen molar-refractivity contribution in [1.29, 1.82) is 0 Å². The number of nitrogens with two attached hydrogens (primary N) is 1. The molecule has 0 spiro atoms. The van der Waals surface area contributed by atoms with Crippen molar-refractivity contribution in [3.05, 3.63) is 53.2 Å². The number of pyridine rings is 1. The van der Waals surface area contributed by atoms with Crippen molar-refractivity contribution >= 4 is 23.2 Å². The minimum atomic E-state index is -0.530. The molecule has 190 valence electrons. The fourth-order valence-corrected chi connectivity index (χ4v) is 5.88. The first-order chi connectivity index (χ1) is 17.3. The van der Waals surface area contributed by atoms with Crippen LogP contribution in [0.2, 0.25) is 0 Å². The van der Waals surface area contributed by atoms with Crippen LogP contribution in [0.15, 0.2) is 42.0 Å². The number of carbonyl (C=O) groups is 1. The third kappa shape index (κ3) is 5.25. The van der Waals surface area contributed by atoms with Crippen molar-refractivity contribution in [3.63, 3.8) is 0 Å². The highest BCUT2D eigenvalue weighted by atomic mass is 32.1. The standard InChI is InChI=1S/C28H34N4O3S/c1-28(2,3)35-27(33)32-11-4-5-24(32)22-15-19(6-7-21(22)18-8-12-34-13-9-18)20-16-23(25(29)31-17-20)26-30-10-14-36-26/h6-7,10,14-18,24H,4-5,8-9,11-13H2,1-3H3,(H2,29,31)/t24-/m0/s1. The Morgan fingerprint density at radius 2 is 1.92 bits per heavy atom. The van der Waals surface area contributed by atoms with Crippen molar-refractivity contribution < 1.29 is 14.3 Å². The first-order valence-corrected chi connectivity index (χ1v) is 13.5. The maximum Gasteiger partial charge on any atom is 0.410 e. The Balaban J connectivity index is 1.55. The predicted molar refractivity (Wildman–Crippen MR) is 143 cm³/mol. The maximum absolute atomic E-state index is 13.2. The molecule has 0 unspecified atom stereocenters. The number of hydrogen-bond donors (Lipinski definition) is 1. The van der Waals surface area contributed by atoms with Gasteiger partial charge in [0.25, 0.3) is 0 Å². The van der Waals surface area contributed by atoms with E-state index in [0.717, 1.165) is 60.6 Å². The lowest BCUT2D eigenvalue weighted by Gasteiger charge is -2.32. The lowest BCUT2D eigenvalue weighted by Crippen LogP contribution is -2.36. The van der Waals surface area contributed by atoms with Crippen LogP contribution in [0.3, 0.4) is 0 Å². The molecule has 1 atom stereocenters. The summed E-state index contributed by atoms with van der Waals surface area (Å²) in [4.78, 5) is 24.0. The quantitative estimate of drug-likeness (QED) is 0.439. The maximum atomic E-state index is 13.2. The van der Waals surface area contributed by atoms with E-state index in [-0.39, 0.29) is 12.1 Å². The van der Waals surface area contributed by atoms with Crippen LogP contribution in [-0.2, 0) is 9.47 Å². The van der Waals surface area contributed by atoms with Crippen molar-refractivity contribution in [3.8, 4) is 21.7 Å². The molecule has 2 N–H and O–H groups in total. The summed E-state index contributed by atoms with van der Waals surface area (Å²) < 4.78 is 11.4. The molecule has 2 aromatic heterocycles. The third-order valence-electron chi connectivity index (χ3n) is 6.90. The van der Waals surface area contributed by atoms with Crippen LogP contribution < -0.4 is 5.73 Å². The molecule has 1 amide bonds. The molecule has 8 heteroatoms. The van der Waals surface area contributed by atoms with Crippen LogP contribution in [0.25, 0.3) is 21.7 Å². The Hall–Kier alpha value is -2.97. The van der Waals surface area contributed by atoms with Gasteiger partial charge in [0.1, 0.15) is 16.4 Å². The van der Waals surface area contributed by atoms with Gasteiger partial charge in [0.2, 0.25) is 0 Å². The van der Waals surface area contributed by atoms with E-state index in [4.69, 9.17) is 15.2 Å². The van der Waals surface area contributed by atoms with E-state index in [1.807, 2.05) is 37.2 Å². The van der Waals surface area contributed by atoms with E-state index in [9.17, 15) is 4.79 Å². The van der Waals surface area contributed by atoms with Gasteiger partial charge in [-0.1, -0.05) is 12.1 Å². The number of rotatable bonds is 4. The monoisotopic (exact) mass is 506 g/mol. The zero-order valence-electron chi connectivity index (χ0n) is 21.2. The number of aromatic nitrogens is 2. The van der Waals surface area contributed by atoms with Gasteiger partial charge in [-0.3, -0.25) is 0 Å². The molecule has 4 heterocycles. The van der Waals surface area contributed by atoms with E-state index in [1.54, 1.807) is 17.5 Å². The van der Waals surface area contributed by atoms with Gasteiger partial charge in [-0.2, -0.15) is 0 Å². The molecule has 1 aromatic carbocycles. The van der Waals surface area contributed by atoms with E-state index < -0.39 is 5.60 Å². The van der Waals surface area contributed by atoms with E-state index >= 15 is 0 Å². The van der Waals surface area contributed by atoms with Crippen molar-refractivity contribution in [2.45, 2.75) is 64.0 Å². The summed E-state index contributed by atoms with van der Waals surface area (Å²) in [5, 5.41) is 2.79. The number of carbonyl (C=O) groups excluding carboxylic acids is 1. The summed E-state index contributed by atoms with van der Waals surface area (Å²) >= 11 is 1.55. The average Bonchev–Trinajstić information content (AvgIpc) is 3.56. The Morgan fingerprint density at radius 1 is 1.11 bits per heavy atom. The number of likely N-dealkylation sites (tertiary alicyclic amines) is 1. The largest absolute Gasteiger partial charge is 0.444 e. The molecule has 0 radical (unpaired) electrons. The molecular weight excluding hydrogens is 472 g/mol. The summed E-state index contributed by atoms with van der Waals surface area (Å²) in [6.07, 6.45) is 7.21. The molecule has 2 saturated heterocycles. The lowest BCUT2D eigenvalue weighted by atomic mass is 9.84. The minimum absolute atomic E-state index is 0.0159. The molecule has 2 aliphatic rings. The minimum Gasteiger partial charge on any atom is -0.444 e. The molecule has 2 aliphatic heterocycles. The second-order valence-electron chi connectivity index (χ2n) is 10.6. The van der Waals surface area contributed by atoms with Crippen molar-refractivity contribution in [2.75, 3.05) is 25.5 Å². The van der Waals surface area contributed by atoms with E-state index in [2.05, 4.69) is 34.2 Å². The van der Waals surface area contributed by atoms with Crippen LogP contribution in [0, 0.1) is 0 Å². The Kier molecular flexibility index (Phi) is 6.99. The molecule has 2 fully saturated rings. The van der Waals surface area contributed by atoms with Crippen LogP contribution in [0.5, 0.6) is 0 Å². The summed E-state index contributed by atoms with van der Waals surface area (Å²) in [7, 11) is 0. The summed E-state index contributed by atoms with van der Waals surface area (Å²) in [5.41, 5.74) is 11.1. The van der Waals surface area contributed by atoms with E-state index in [1.165, 1.54) is 11.1 Å². The van der Waals surface area contributed by atoms with Gasteiger partial charge in [0, 0.05) is 43.1 Å². The zero-order valence-corrected chi connectivity index (χ0v) is 22.0. The normalized spacial score (nSPS) is 19.0. The zero-order chi connectivity index (χ0) is 25.3. The van der Waals surface area contributed by atoms with Gasteiger partial charge in [-0.25, -0.2) is 14.8 Å². The van der Waals surface area contributed by atoms with Crippen molar-refractivity contribution in [1.82, 2.24) is 14.9 Å². The smallest absolute Gasteiger partial charge is 0.410 e. The molecule has 0 bridgehead atoms. The highest BCUT2D eigenvalue weighted by Crippen LogP contribution is 2.42. The Bertz CT molecular complexity index is 1220. The van der Waals surface area contributed by atoms with Crippen molar-refractivity contribution in [2.24, 2.45) is 0 Å². The molecule has 7 nitrogen and oxygen atoms in total.